The highest BCUT2D eigenvalue weighted by Crippen LogP contribution is 2.27. The number of nitrogens with zero attached hydrogens (tertiary/aromatic N) is 1. The molecule has 1 aliphatic rings. The third kappa shape index (κ3) is 2.82. The van der Waals surface area contributed by atoms with Crippen molar-refractivity contribution in [2.24, 2.45) is 0 Å². The standard InChI is InChI=1S/C12H14FNO4S2/c1-8-7-19-5-4-14(8)20(17,18)11-6-9(13)2-3-10(11)12(15)16/h2-3,6,8H,4-5,7H2,1H3,(H,15,16). The van der Waals surface area contributed by atoms with E-state index >= 15 is 0 Å². The molecule has 0 amide bonds. The molecule has 20 heavy (non-hydrogen) atoms. The van der Waals surface area contributed by atoms with Gasteiger partial charge in [0.1, 0.15) is 5.82 Å². The normalized spacial score (nSPS) is 20.8. The van der Waals surface area contributed by atoms with E-state index in [-0.39, 0.29) is 6.04 Å². The summed E-state index contributed by atoms with van der Waals surface area (Å²) in [5.41, 5.74) is -0.406. The molecule has 0 aliphatic carbocycles. The molecule has 1 aromatic carbocycles. The molecule has 1 fully saturated rings. The Morgan fingerprint density at radius 2 is 2.20 bits per heavy atom. The molecule has 1 unspecified atom stereocenters. The number of aromatic carboxylic acids is 1. The zero-order valence-corrected chi connectivity index (χ0v) is 12.4. The Labute approximate surface area is 120 Å². The molecule has 0 spiro atoms. The van der Waals surface area contributed by atoms with Crippen LogP contribution in [0.3, 0.4) is 0 Å². The molecule has 1 N–H and O–H groups in total. The fourth-order valence-electron chi connectivity index (χ4n) is 2.08. The summed E-state index contributed by atoms with van der Waals surface area (Å²) in [5, 5.41) is 9.07. The maximum atomic E-state index is 13.3. The van der Waals surface area contributed by atoms with E-state index in [2.05, 4.69) is 0 Å². The molecule has 1 atom stereocenters. The molecule has 1 aromatic rings. The Morgan fingerprint density at radius 1 is 1.50 bits per heavy atom. The molecule has 0 aromatic heterocycles. The average molecular weight is 319 g/mol. The number of carboxylic acid groups (broad SMARTS) is 1. The Morgan fingerprint density at radius 3 is 2.80 bits per heavy atom. The summed E-state index contributed by atoms with van der Waals surface area (Å²) in [7, 11) is -4.01. The molecule has 8 heteroatoms. The van der Waals surface area contributed by atoms with Crippen molar-refractivity contribution in [2.75, 3.05) is 18.1 Å². The van der Waals surface area contributed by atoms with Crippen LogP contribution < -0.4 is 0 Å². The lowest BCUT2D eigenvalue weighted by atomic mass is 10.2. The molecule has 1 aliphatic heterocycles. The number of benzene rings is 1. The summed E-state index contributed by atoms with van der Waals surface area (Å²) in [5.74, 6) is -0.881. The molecule has 0 bridgehead atoms. The zero-order valence-electron chi connectivity index (χ0n) is 10.7. The first-order chi connectivity index (χ1) is 9.34. The van der Waals surface area contributed by atoms with Crippen LogP contribution >= 0.6 is 11.8 Å². The van der Waals surface area contributed by atoms with Gasteiger partial charge in [-0.05, 0) is 25.1 Å². The van der Waals surface area contributed by atoms with Gasteiger partial charge < -0.3 is 5.11 Å². The number of sulfonamides is 1. The average Bonchev–Trinajstić information content (AvgIpc) is 2.38. The third-order valence-corrected chi connectivity index (χ3v) is 6.31. The molecule has 0 saturated carbocycles. The van der Waals surface area contributed by atoms with Gasteiger partial charge in [0.2, 0.25) is 10.0 Å². The van der Waals surface area contributed by atoms with Crippen molar-refractivity contribution >= 4 is 27.8 Å². The van der Waals surface area contributed by atoms with Crippen LogP contribution in [-0.4, -0.2) is 47.9 Å². The van der Waals surface area contributed by atoms with Gasteiger partial charge in [0, 0.05) is 24.1 Å². The van der Waals surface area contributed by atoms with Gasteiger partial charge in [-0.25, -0.2) is 17.6 Å². The monoisotopic (exact) mass is 319 g/mol. The van der Waals surface area contributed by atoms with Crippen LogP contribution in [-0.2, 0) is 10.0 Å². The van der Waals surface area contributed by atoms with Gasteiger partial charge in [0.05, 0.1) is 10.5 Å². The summed E-state index contributed by atoms with van der Waals surface area (Å²) in [4.78, 5) is 10.7. The molecule has 1 heterocycles. The first-order valence-electron chi connectivity index (χ1n) is 5.96. The van der Waals surface area contributed by atoms with E-state index in [0.717, 1.165) is 18.2 Å². The van der Waals surface area contributed by atoms with Crippen molar-refractivity contribution in [1.82, 2.24) is 4.31 Å². The van der Waals surface area contributed by atoms with Crippen LogP contribution in [0.5, 0.6) is 0 Å². The minimum Gasteiger partial charge on any atom is -0.478 e. The maximum absolute atomic E-state index is 13.3. The maximum Gasteiger partial charge on any atom is 0.337 e. The first kappa shape index (κ1) is 15.3. The van der Waals surface area contributed by atoms with Crippen molar-refractivity contribution in [3.63, 3.8) is 0 Å². The minimum atomic E-state index is -4.01. The number of rotatable bonds is 3. The number of hydrogen-bond donors (Lipinski definition) is 1. The highest BCUT2D eigenvalue weighted by Gasteiger charge is 2.34. The van der Waals surface area contributed by atoms with Crippen molar-refractivity contribution in [3.8, 4) is 0 Å². The smallest absolute Gasteiger partial charge is 0.337 e. The van der Waals surface area contributed by atoms with E-state index in [1.54, 1.807) is 18.7 Å². The summed E-state index contributed by atoms with van der Waals surface area (Å²) in [6.07, 6.45) is 0. The van der Waals surface area contributed by atoms with Crippen LogP contribution in [0.4, 0.5) is 4.39 Å². The van der Waals surface area contributed by atoms with E-state index in [9.17, 15) is 17.6 Å². The topological polar surface area (TPSA) is 74.7 Å². The molecule has 0 radical (unpaired) electrons. The molecular formula is C12H14FNO4S2. The highest BCUT2D eigenvalue weighted by molar-refractivity contribution is 7.99. The molecule has 1 saturated heterocycles. The number of carbonyl (C=O) groups is 1. The van der Waals surface area contributed by atoms with Crippen LogP contribution in [0, 0.1) is 5.82 Å². The Hall–Kier alpha value is -1.12. The van der Waals surface area contributed by atoms with Gasteiger partial charge in [0.15, 0.2) is 0 Å². The fraction of sp³-hybridized carbons (Fsp3) is 0.417. The Bertz CT molecular complexity index is 632. The summed E-state index contributed by atoms with van der Waals surface area (Å²) in [6, 6.07) is 2.45. The number of thioether (sulfide) groups is 1. The largest absolute Gasteiger partial charge is 0.478 e. The number of halogens is 1. The lowest BCUT2D eigenvalue weighted by Crippen LogP contribution is -2.44. The van der Waals surface area contributed by atoms with Crippen LogP contribution in [0.2, 0.25) is 0 Å². The Balaban J connectivity index is 2.53. The van der Waals surface area contributed by atoms with Crippen molar-refractivity contribution < 1.29 is 22.7 Å². The zero-order chi connectivity index (χ0) is 14.9. The SMILES string of the molecule is CC1CSCCN1S(=O)(=O)c1cc(F)ccc1C(=O)O. The van der Waals surface area contributed by atoms with Gasteiger partial charge in [-0.2, -0.15) is 16.1 Å². The van der Waals surface area contributed by atoms with Crippen molar-refractivity contribution in [3.05, 3.63) is 29.6 Å². The quantitative estimate of drug-likeness (QED) is 0.917. The summed E-state index contributed by atoms with van der Waals surface area (Å²) >= 11 is 1.64. The van der Waals surface area contributed by atoms with E-state index in [1.165, 1.54) is 4.31 Å². The second-order valence-electron chi connectivity index (χ2n) is 4.49. The van der Waals surface area contributed by atoms with Crippen LogP contribution in [0.15, 0.2) is 23.1 Å². The van der Waals surface area contributed by atoms with Gasteiger partial charge >= 0.3 is 5.97 Å². The molecule has 110 valence electrons. The summed E-state index contributed by atoms with van der Waals surface area (Å²) in [6.45, 7) is 2.05. The van der Waals surface area contributed by atoms with Crippen molar-refractivity contribution in [2.45, 2.75) is 17.9 Å². The molecule has 5 nitrogen and oxygen atoms in total. The number of hydrogen-bond acceptors (Lipinski definition) is 4. The van der Waals surface area contributed by atoms with Crippen LogP contribution in [0.1, 0.15) is 17.3 Å². The molecular weight excluding hydrogens is 305 g/mol. The lowest BCUT2D eigenvalue weighted by molar-refractivity contribution is 0.0692. The molecule has 2 rings (SSSR count). The van der Waals surface area contributed by atoms with Crippen LogP contribution in [0.25, 0.3) is 0 Å². The summed E-state index contributed by atoms with van der Waals surface area (Å²) < 4.78 is 39.7. The second kappa shape index (κ2) is 5.71. The lowest BCUT2D eigenvalue weighted by Gasteiger charge is -2.32. The second-order valence-corrected chi connectivity index (χ2v) is 7.49. The predicted octanol–water partition coefficient (Wildman–Crippen LogP) is 1.65. The first-order valence-corrected chi connectivity index (χ1v) is 8.56. The Kier molecular flexibility index (Phi) is 4.36. The van der Waals surface area contributed by atoms with Gasteiger partial charge in [-0.15, -0.1) is 0 Å². The van der Waals surface area contributed by atoms with E-state index in [1.807, 2.05) is 0 Å². The number of carboxylic acids is 1. The third-order valence-electron chi connectivity index (χ3n) is 3.07. The van der Waals surface area contributed by atoms with Gasteiger partial charge in [0.25, 0.3) is 0 Å². The van der Waals surface area contributed by atoms with Crippen molar-refractivity contribution in [1.29, 1.82) is 0 Å². The predicted molar refractivity (Wildman–Crippen MR) is 74.0 cm³/mol. The van der Waals surface area contributed by atoms with Gasteiger partial charge in [-0.1, -0.05) is 0 Å². The highest BCUT2D eigenvalue weighted by atomic mass is 32.2. The van der Waals surface area contributed by atoms with E-state index in [0.29, 0.717) is 18.1 Å². The minimum absolute atomic E-state index is 0.247. The van der Waals surface area contributed by atoms with Gasteiger partial charge in [-0.3, -0.25) is 0 Å². The van der Waals surface area contributed by atoms with E-state index in [4.69, 9.17) is 5.11 Å². The fourth-order valence-corrected chi connectivity index (χ4v) is 5.13. The van der Waals surface area contributed by atoms with E-state index < -0.39 is 32.3 Å².